The van der Waals surface area contributed by atoms with Crippen LogP contribution in [0.15, 0.2) is 0 Å². The highest BCUT2D eigenvalue weighted by Crippen LogP contribution is 2.19. The van der Waals surface area contributed by atoms with Gasteiger partial charge in [0.1, 0.15) is 0 Å². The molecule has 0 rings (SSSR count). The van der Waals surface area contributed by atoms with Crippen LogP contribution in [-0.2, 0) is 23.1 Å². The molecule has 1 unspecified atom stereocenters. The topological polar surface area (TPSA) is 61.8 Å². The fourth-order valence-corrected chi connectivity index (χ4v) is 1.92. The molecule has 5 nitrogen and oxygen atoms in total. The summed E-state index contributed by atoms with van der Waals surface area (Å²) in [6, 6.07) is 0. The second kappa shape index (κ2) is 9.48. The quantitative estimate of drug-likeness (QED) is 0.444. The lowest BCUT2D eigenvalue weighted by Crippen LogP contribution is -2.07. The molecule has 15 heavy (non-hydrogen) atoms. The van der Waals surface area contributed by atoms with E-state index in [2.05, 4.69) is 8.15 Å². The fraction of sp³-hybridized carbons (Fsp3) is 1.00. The van der Waals surface area contributed by atoms with Crippen LogP contribution in [0.25, 0.3) is 0 Å². The molecule has 0 saturated heterocycles. The fourth-order valence-electron chi connectivity index (χ4n) is 0.653. The van der Waals surface area contributed by atoms with Gasteiger partial charge in [-0.05, 0) is 12.8 Å². The number of hydrogen-bond donors (Lipinski definition) is 0. The Bertz CT molecular complexity index is 229. The molecule has 0 fully saturated rings. The van der Waals surface area contributed by atoms with Gasteiger partial charge in [-0.3, -0.25) is 0 Å². The minimum absolute atomic E-state index is 0.165. The highest BCUT2D eigenvalue weighted by atomic mass is 32.3. The van der Waals surface area contributed by atoms with Gasteiger partial charge >= 0.3 is 10.4 Å². The van der Waals surface area contributed by atoms with Gasteiger partial charge in [0.25, 0.3) is 0 Å². The summed E-state index contributed by atoms with van der Waals surface area (Å²) in [6.07, 6.45) is 3.48. The summed E-state index contributed by atoms with van der Waals surface area (Å²) in [6.45, 7) is 4.65. The highest BCUT2D eigenvalue weighted by molar-refractivity contribution is 7.84. The molecule has 0 heterocycles. The second-order valence-electron chi connectivity index (χ2n) is 2.95. The Labute approximate surface area is 93.8 Å². The molecule has 0 aliphatic carbocycles. The Kier molecular flexibility index (Phi) is 9.65. The van der Waals surface area contributed by atoms with Gasteiger partial charge in [0.15, 0.2) is 9.03 Å². The van der Waals surface area contributed by atoms with Crippen molar-refractivity contribution in [3.8, 4) is 0 Å². The van der Waals surface area contributed by atoms with E-state index in [1.54, 1.807) is 0 Å². The molecule has 0 aliphatic heterocycles. The van der Waals surface area contributed by atoms with Gasteiger partial charge < -0.3 is 4.52 Å². The van der Waals surface area contributed by atoms with Gasteiger partial charge in [-0.2, -0.15) is 12.4 Å². The largest absolute Gasteiger partial charge is 0.404 e. The maximum Gasteiger partial charge on any atom is 0.404 e. The molecule has 0 aromatic rings. The van der Waals surface area contributed by atoms with Crippen LogP contribution in [0.4, 0.5) is 0 Å². The van der Waals surface area contributed by atoms with Crippen LogP contribution in [0.5, 0.6) is 0 Å². The third kappa shape index (κ3) is 10.5. The van der Waals surface area contributed by atoms with E-state index < -0.39 is 19.4 Å². The number of unbranched alkanes of at least 4 members (excludes halogenated alkanes) is 2. The van der Waals surface area contributed by atoms with Gasteiger partial charge in [-0.1, -0.05) is 26.7 Å². The van der Waals surface area contributed by atoms with Crippen molar-refractivity contribution in [3.05, 3.63) is 0 Å². The van der Waals surface area contributed by atoms with Gasteiger partial charge in [0.05, 0.1) is 13.2 Å². The second-order valence-corrected chi connectivity index (χ2v) is 5.13. The van der Waals surface area contributed by atoms with Gasteiger partial charge in [-0.15, -0.1) is 0 Å². The summed E-state index contributed by atoms with van der Waals surface area (Å²) in [5, 5.41) is 0. The van der Waals surface area contributed by atoms with Crippen molar-refractivity contribution in [1.82, 2.24) is 0 Å². The van der Waals surface area contributed by atoms with Crippen LogP contribution >= 0.6 is 9.03 Å². The summed E-state index contributed by atoms with van der Waals surface area (Å²) in [5.41, 5.74) is 0. The first kappa shape index (κ1) is 15.3. The SMILES string of the molecule is CCCCOPOS(=O)(=O)OCCCC. The maximum atomic E-state index is 11.0. The molecular formula is C8H19O5PS. The molecule has 0 spiro atoms. The zero-order valence-electron chi connectivity index (χ0n) is 9.19. The third-order valence-electron chi connectivity index (χ3n) is 1.52. The molecule has 0 N–H and O–H groups in total. The van der Waals surface area contributed by atoms with Crippen LogP contribution in [-0.4, -0.2) is 21.6 Å². The van der Waals surface area contributed by atoms with E-state index >= 15 is 0 Å². The molecule has 0 aromatic heterocycles. The minimum atomic E-state index is -3.85. The Morgan fingerprint density at radius 2 is 1.67 bits per heavy atom. The lowest BCUT2D eigenvalue weighted by molar-refractivity contribution is 0.259. The molecule has 0 saturated carbocycles. The normalized spacial score (nSPS) is 12.7. The van der Waals surface area contributed by atoms with E-state index in [0.29, 0.717) is 13.0 Å². The summed E-state index contributed by atoms with van der Waals surface area (Å²) in [4.78, 5) is 0. The third-order valence-corrected chi connectivity index (χ3v) is 3.39. The van der Waals surface area contributed by atoms with Crippen LogP contribution < -0.4 is 0 Å². The molecular weight excluding hydrogens is 239 g/mol. The Morgan fingerprint density at radius 1 is 1.07 bits per heavy atom. The number of rotatable bonds is 10. The van der Waals surface area contributed by atoms with E-state index in [4.69, 9.17) is 4.52 Å². The average molecular weight is 258 g/mol. The van der Waals surface area contributed by atoms with Gasteiger partial charge in [0, 0.05) is 0 Å². The summed E-state index contributed by atoms with van der Waals surface area (Å²) in [7, 11) is -4.36. The first-order valence-corrected chi connectivity index (χ1v) is 7.22. The first-order valence-electron chi connectivity index (χ1n) is 5.07. The van der Waals surface area contributed by atoms with E-state index in [9.17, 15) is 8.42 Å². The minimum Gasteiger partial charge on any atom is -0.335 e. The van der Waals surface area contributed by atoms with E-state index in [1.807, 2.05) is 13.8 Å². The van der Waals surface area contributed by atoms with Crippen molar-refractivity contribution in [1.29, 1.82) is 0 Å². The summed E-state index contributed by atoms with van der Waals surface area (Å²) >= 11 is 0. The van der Waals surface area contributed by atoms with E-state index in [1.165, 1.54) is 0 Å². The predicted octanol–water partition coefficient (Wildman–Crippen LogP) is 2.39. The van der Waals surface area contributed by atoms with Crippen molar-refractivity contribution in [3.63, 3.8) is 0 Å². The molecule has 0 amide bonds. The van der Waals surface area contributed by atoms with Gasteiger partial charge in [-0.25, -0.2) is 4.18 Å². The van der Waals surface area contributed by atoms with Crippen LogP contribution in [0, 0.1) is 0 Å². The standard InChI is InChI=1S/C8H19O5PS/c1-3-5-7-11-14-13-15(9,10)12-8-6-4-2/h14H,3-8H2,1-2H3. The van der Waals surface area contributed by atoms with Crippen molar-refractivity contribution in [2.45, 2.75) is 39.5 Å². The van der Waals surface area contributed by atoms with Crippen molar-refractivity contribution < 1.29 is 21.1 Å². The van der Waals surface area contributed by atoms with Crippen LogP contribution in [0.2, 0.25) is 0 Å². The smallest absolute Gasteiger partial charge is 0.335 e. The molecule has 1 atom stereocenters. The Balaban J connectivity index is 3.47. The lowest BCUT2D eigenvalue weighted by Gasteiger charge is -2.05. The first-order chi connectivity index (χ1) is 7.12. The summed E-state index contributed by atoms with van der Waals surface area (Å²) < 4.78 is 36.0. The summed E-state index contributed by atoms with van der Waals surface area (Å²) in [5.74, 6) is 0. The molecule has 92 valence electrons. The Hall–Kier alpha value is 0.260. The van der Waals surface area contributed by atoms with Crippen molar-refractivity contribution >= 4 is 19.4 Å². The molecule has 0 aromatic carbocycles. The maximum absolute atomic E-state index is 11.0. The Morgan fingerprint density at radius 3 is 2.27 bits per heavy atom. The molecule has 7 heteroatoms. The average Bonchev–Trinajstić information content (AvgIpc) is 2.17. The molecule has 0 bridgehead atoms. The zero-order valence-corrected chi connectivity index (χ0v) is 11.0. The highest BCUT2D eigenvalue weighted by Gasteiger charge is 2.11. The predicted molar refractivity (Wildman–Crippen MR) is 60.0 cm³/mol. The van der Waals surface area contributed by atoms with Crippen molar-refractivity contribution in [2.24, 2.45) is 0 Å². The van der Waals surface area contributed by atoms with Gasteiger partial charge in [0.2, 0.25) is 0 Å². The van der Waals surface area contributed by atoms with Crippen LogP contribution in [0.3, 0.4) is 0 Å². The van der Waals surface area contributed by atoms with Crippen molar-refractivity contribution in [2.75, 3.05) is 13.2 Å². The number of hydrogen-bond acceptors (Lipinski definition) is 5. The lowest BCUT2D eigenvalue weighted by atomic mass is 10.4. The van der Waals surface area contributed by atoms with E-state index in [0.717, 1.165) is 19.3 Å². The molecule has 0 aliphatic rings. The van der Waals surface area contributed by atoms with E-state index in [-0.39, 0.29) is 6.61 Å². The monoisotopic (exact) mass is 258 g/mol. The molecule has 0 radical (unpaired) electrons. The zero-order chi connectivity index (χ0) is 11.6. The van der Waals surface area contributed by atoms with Crippen LogP contribution in [0.1, 0.15) is 39.5 Å².